The second-order valence-electron chi connectivity index (χ2n) is 9.76. The molecule has 0 aliphatic carbocycles. The predicted molar refractivity (Wildman–Crippen MR) is 130 cm³/mol. The van der Waals surface area contributed by atoms with Crippen LogP contribution >= 0.6 is 11.6 Å². The number of aliphatic hydroxyl groups is 1. The number of nitriles is 1. The molecule has 3 aromatic rings. The van der Waals surface area contributed by atoms with Gasteiger partial charge in [0, 0.05) is 35.9 Å². The molecule has 9 heteroatoms. The van der Waals surface area contributed by atoms with Crippen LogP contribution in [0.3, 0.4) is 0 Å². The monoisotopic (exact) mass is 503 g/mol. The van der Waals surface area contributed by atoms with Crippen molar-refractivity contribution in [2.75, 3.05) is 11.5 Å². The lowest BCUT2D eigenvalue weighted by atomic mass is 9.66. The molecule has 3 fully saturated rings. The van der Waals surface area contributed by atoms with Crippen molar-refractivity contribution in [2.24, 2.45) is 11.8 Å². The number of nitrogens with zero attached hydrogens (tertiary/aromatic N) is 3. The van der Waals surface area contributed by atoms with E-state index in [9.17, 15) is 20.0 Å². The van der Waals surface area contributed by atoms with Crippen LogP contribution in [0.4, 0.5) is 5.69 Å². The fourth-order valence-electron chi connectivity index (χ4n) is 6.25. The van der Waals surface area contributed by atoms with Crippen molar-refractivity contribution in [3.8, 4) is 11.8 Å². The van der Waals surface area contributed by atoms with Crippen molar-refractivity contribution in [2.45, 2.75) is 37.1 Å². The lowest BCUT2D eigenvalue weighted by molar-refractivity contribution is -0.134. The SMILES string of the molecule is CC12OC(CCOc3cncc(Cl)c3)(CC1O)C1C(=O)N(c3ccc(C#N)c4ccccc34)C(=O)C12. The average Bonchev–Trinajstić information content (AvgIpc) is 3.39. The van der Waals surface area contributed by atoms with Crippen molar-refractivity contribution >= 4 is 39.9 Å². The molecule has 3 aliphatic heterocycles. The van der Waals surface area contributed by atoms with Gasteiger partial charge < -0.3 is 14.6 Å². The van der Waals surface area contributed by atoms with E-state index in [4.69, 9.17) is 21.1 Å². The van der Waals surface area contributed by atoms with Crippen LogP contribution in [-0.4, -0.2) is 45.8 Å². The molecule has 3 aliphatic rings. The number of hydrogen-bond donors (Lipinski definition) is 1. The molecule has 8 nitrogen and oxygen atoms in total. The van der Waals surface area contributed by atoms with Gasteiger partial charge in [0.2, 0.25) is 11.8 Å². The van der Waals surface area contributed by atoms with E-state index < -0.39 is 35.0 Å². The third-order valence-corrected chi connectivity index (χ3v) is 8.06. The van der Waals surface area contributed by atoms with Gasteiger partial charge in [-0.25, -0.2) is 4.90 Å². The van der Waals surface area contributed by atoms with Crippen LogP contribution in [0, 0.1) is 23.2 Å². The second-order valence-corrected chi connectivity index (χ2v) is 10.2. The van der Waals surface area contributed by atoms with Gasteiger partial charge in [0.15, 0.2) is 0 Å². The molecule has 2 bridgehead atoms. The Morgan fingerprint density at radius 2 is 1.94 bits per heavy atom. The highest BCUT2D eigenvalue weighted by Gasteiger charge is 2.77. The Balaban J connectivity index is 1.36. The number of anilines is 1. The molecule has 36 heavy (non-hydrogen) atoms. The summed E-state index contributed by atoms with van der Waals surface area (Å²) in [7, 11) is 0. The van der Waals surface area contributed by atoms with Gasteiger partial charge in [0.25, 0.3) is 0 Å². The zero-order valence-corrected chi connectivity index (χ0v) is 20.1. The number of carbonyl (C=O) groups excluding carboxylic acids is 2. The second kappa shape index (κ2) is 8.00. The van der Waals surface area contributed by atoms with Crippen LogP contribution in [0.25, 0.3) is 10.8 Å². The molecule has 0 saturated carbocycles. The topological polar surface area (TPSA) is 113 Å². The van der Waals surface area contributed by atoms with Crippen LogP contribution < -0.4 is 9.64 Å². The number of aromatic nitrogens is 1. The van der Waals surface area contributed by atoms with Crippen molar-refractivity contribution < 1.29 is 24.2 Å². The van der Waals surface area contributed by atoms with Crippen molar-refractivity contribution in [3.63, 3.8) is 0 Å². The number of benzene rings is 2. The average molecular weight is 504 g/mol. The summed E-state index contributed by atoms with van der Waals surface area (Å²) in [5, 5.41) is 22.2. The molecular weight excluding hydrogens is 482 g/mol. The van der Waals surface area contributed by atoms with Gasteiger partial charge in [0.05, 0.1) is 58.7 Å². The minimum atomic E-state index is -1.19. The number of carbonyl (C=O) groups is 2. The molecule has 5 unspecified atom stereocenters. The Bertz CT molecular complexity index is 1470. The van der Waals surface area contributed by atoms with E-state index in [0.29, 0.717) is 39.2 Å². The zero-order valence-electron chi connectivity index (χ0n) is 19.3. The van der Waals surface area contributed by atoms with Crippen LogP contribution in [0.1, 0.15) is 25.3 Å². The van der Waals surface area contributed by atoms with E-state index >= 15 is 0 Å². The Morgan fingerprint density at radius 1 is 1.19 bits per heavy atom. The number of aliphatic hydroxyl groups excluding tert-OH is 1. The molecule has 0 radical (unpaired) electrons. The van der Waals surface area contributed by atoms with Crippen molar-refractivity contribution in [1.29, 1.82) is 5.26 Å². The predicted octanol–water partition coefficient (Wildman–Crippen LogP) is 3.63. The van der Waals surface area contributed by atoms with Gasteiger partial charge in [-0.2, -0.15) is 5.26 Å². The Labute approximate surface area is 212 Å². The number of hydrogen-bond acceptors (Lipinski definition) is 7. The fraction of sp³-hybridized carbons (Fsp3) is 0.333. The molecule has 5 atom stereocenters. The molecule has 4 heterocycles. The first-order valence-electron chi connectivity index (χ1n) is 11.7. The Morgan fingerprint density at radius 3 is 2.69 bits per heavy atom. The summed E-state index contributed by atoms with van der Waals surface area (Å²) in [5.74, 6) is -1.86. The van der Waals surface area contributed by atoms with Gasteiger partial charge in [-0.05, 0) is 19.1 Å². The first kappa shape index (κ1) is 22.9. The zero-order chi connectivity index (χ0) is 25.2. The molecule has 3 saturated heterocycles. The van der Waals surface area contributed by atoms with E-state index in [1.165, 1.54) is 17.3 Å². The van der Waals surface area contributed by atoms with E-state index in [2.05, 4.69) is 11.1 Å². The lowest BCUT2D eigenvalue weighted by Crippen LogP contribution is -2.49. The Kier molecular flexibility index (Phi) is 5.09. The summed E-state index contributed by atoms with van der Waals surface area (Å²) in [4.78, 5) is 33.0. The highest BCUT2D eigenvalue weighted by Crippen LogP contribution is 2.62. The number of pyridine rings is 1. The summed E-state index contributed by atoms with van der Waals surface area (Å²) < 4.78 is 12.2. The largest absolute Gasteiger partial charge is 0.492 e. The standard InChI is InChI=1S/C27H22ClN3O5/c1-26-21(32)11-27(36-26,8-9-35-17-10-16(28)13-30-14-17)23-22(26)24(33)31(25(23)34)20-7-6-15(12-29)18-4-2-3-5-19(18)20/h2-7,10,13-14,21-23,32H,8-9,11H2,1H3. The minimum Gasteiger partial charge on any atom is -0.492 e. The summed E-state index contributed by atoms with van der Waals surface area (Å²) in [5.41, 5.74) is -1.34. The minimum absolute atomic E-state index is 0.190. The highest BCUT2D eigenvalue weighted by atomic mass is 35.5. The maximum absolute atomic E-state index is 13.9. The molecule has 1 aromatic heterocycles. The van der Waals surface area contributed by atoms with Crippen LogP contribution in [0.2, 0.25) is 5.02 Å². The summed E-state index contributed by atoms with van der Waals surface area (Å²) in [6, 6.07) is 14.3. The van der Waals surface area contributed by atoms with Crippen LogP contribution in [0.5, 0.6) is 5.75 Å². The quantitative estimate of drug-likeness (QED) is 0.529. The maximum atomic E-state index is 13.9. The summed E-state index contributed by atoms with van der Waals surface area (Å²) in [6.07, 6.45) is 2.66. The number of fused-ring (bicyclic) bond motifs is 6. The van der Waals surface area contributed by atoms with Gasteiger partial charge in [0.1, 0.15) is 11.4 Å². The summed E-state index contributed by atoms with van der Waals surface area (Å²) >= 11 is 5.99. The molecule has 2 amide bonds. The van der Waals surface area contributed by atoms with Gasteiger partial charge in [-0.15, -0.1) is 0 Å². The normalized spacial score (nSPS) is 30.6. The molecule has 2 aromatic carbocycles. The van der Waals surface area contributed by atoms with Crippen LogP contribution in [-0.2, 0) is 14.3 Å². The first-order chi connectivity index (χ1) is 17.3. The van der Waals surface area contributed by atoms with Crippen LogP contribution in [0.15, 0.2) is 54.9 Å². The Hall–Kier alpha value is -3.51. The number of ether oxygens (including phenoxy) is 2. The number of rotatable bonds is 5. The third kappa shape index (κ3) is 3.10. The van der Waals surface area contributed by atoms with E-state index in [1.807, 2.05) is 6.07 Å². The lowest BCUT2D eigenvalue weighted by Gasteiger charge is -2.33. The number of halogens is 1. The summed E-state index contributed by atoms with van der Waals surface area (Å²) in [6.45, 7) is 1.90. The molecule has 6 rings (SSSR count). The van der Waals surface area contributed by atoms with Gasteiger partial charge >= 0.3 is 0 Å². The molecule has 182 valence electrons. The fourth-order valence-corrected chi connectivity index (χ4v) is 6.41. The molecule has 1 N–H and O–H groups in total. The number of imide groups is 1. The third-order valence-electron chi connectivity index (χ3n) is 7.85. The van der Waals surface area contributed by atoms with E-state index in [1.54, 1.807) is 43.3 Å². The first-order valence-corrected chi connectivity index (χ1v) is 12.1. The van der Waals surface area contributed by atoms with Crippen molar-refractivity contribution in [3.05, 3.63) is 65.4 Å². The van der Waals surface area contributed by atoms with Crippen molar-refractivity contribution in [1.82, 2.24) is 4.98 Å². The molecule has 0 spiro atoms. The smallest absolute Gasteiger partial charge is 0.240 e. The highest BCUT2D eigenvalue weighted by molar-refractivity contribution is 6.30. The number of amides is 2. The van der Waals surface area contributed by atoms with E-state index in [0.717, 1.165) is 0 Å². The van der Waals surface area contributed by atoms with E-state index in [-0.39, 0.29) is 18.9 Å². The maximum Gasteiger partial charge on any atom is 0.240 e. The van der Waals surface area contributed by atoms with Gasteiger partial charge in [-0.3, -0.25) is 14.6 Å². The van der Waals surface area contributed by atoms with Gasteiger partial charge in [-0.1, -0.05) is 35.9 Å². The molecular formula is C27H22ClN3O5.